The highest BCUT2D eigenvalue weighted by Crippen LogP contribution is 2.22. The van der Waals surface area contributed by atoms with Crippen molar-refractivity contribution in [2.75, 3.05) is 37.6 Å². The largest absolute Gasteiger partial charge is 0.338 e. The summed E-state index contributed by atoms with van der Waals surface area (Å²) in [4.78, 5) is 31.9. The van der Waals surface area contributed by atoms with Gasteiger partial charge in [-0.2, -0.15) is 0 Å². The maximum atomic E-state index is 12.6. The minimum atomic E-state index is 0.193. The molecule has 0 saturated carbocycles. The molecule has 1 saturated heterocycles. The van der Waals surface area contributed by atoms with Gasteiger partial charge in [-0.1, -0.05) is 0 Å². The molecule has 0 N–H and O–H groups in total. The maximum absolute atomic E-state index is 12.6. The number of fused-ring (bicyclic) bond motifs is 1. The molecule has 7 nitrogen and oxygen atoms in total. The second-order valence-corrected chi connectivity index (χ2v) is 6.66. The molecule has 2 aromatic rings. The third-order valence-corrected chi connectivity index (χ3v) is 4.86. The average molecular weight is 338 g/mol. The molecule has 0 aliphatic carbocycles. The Morgan fingerprint density at radius 3 is 2.52 bits per heavy atom. The SMILES string of the molecule is Cc1cc2c(cn1)CN(C(=O)CN1CCN(c3ncccn3)CC1)C2. The van der Waals surface area contributed by atoms with Crippen molar-refractivity contribution < 1.29 is 4.79 Å². The zero-order valence-electron chi connectivity index (χ0n) is 14.4. The van der Waals surface area contributed by atoms with Crippen LogP contribution in [0.2, 0.25) is 0 Å². The second-order valence-electron chi connectivity index (χ2n) is 6.66. The van der Waals surface area contributed by atoms with Crippen molar-refractivity contribution in [1.29, 1.82) is 0 Å². The Bertz CT molecular complexity index is 757. The lowest BCUT2D eigenvalue weighted by Gasteiger charge is -2.34. The first kappa shape index (κ1) is 16.0. The zero-order chi connectivity index (χ0) is 17.2. The van der Waals surface area contributed by atoms with Crippen LogP contribution in [-0.2, 0) is 17.9 Å². The minimum Gasteiger partial charge on any atom is -0.338 e. The normalized spacial score (nSPS) is 17.6. The van der Waals surface area contributed by atoms with E-state index in [0.717, 1.165) is 37.8 Å². The molecule has 4 heterocycles. The van der Waals surface area contributed by atoms with E-state index in [-0.39, 0.29) is 5.91 Å². The van der Waals surface area contributed by atoms with Gasteiger partial charge in [0.1, 0.15) is 0 Å². The van der Waals surface area contributed by atoms with Crippen molar-refractivity contribution in [2.24, 2.45) is 0 Å². The molecule has 1 fully saturated rings. The number of carbonyl (C=O) groups is 1. The number of nitrogens with zero attached hydrogens (tertiary/aromatic N) is 6. The summed E-state index contributed by atoms with van der Waals surface area (Å²) in [5, 5.41) is 0. The smallest absolute Gasteiger partial charge is 0.237 e. The summed E-state index contributed by atoms with van der Waals surface area (Å²) in [7, 11) is 0. The van der Waals surface area contributed by atoms with Gasteiger partial charge in [-0.05, 0) is 30.2 Å². The van der Waals surface area contributed by atoms with Crippen molar-refractivity contribution in [3.05, 3.63) is 47.5 Å². The number of amides is 1. The third kappa shape index (κ3) is 3.46. The first-order valence-electron chi connectivity index (χ1n) is 8.65. The quantitative estimate of drug-likeness (QED) is 0.826. The third-order valence-electron chi connectivity index (χ3n) is 4.86. The first-order chi connectivity index (χ1) is 12.2. The number of aromatic nitrogens is 3. The zero-order valence-corrected chi connectivity index (χ0v) is 14.4. The summed E-state index contributed by atoms with van der Waals surface area (Å²) < 4.78 is 0. The van der Waals surface area contributed by atoms with Gasteiger partial charge < -0.3 is 9.80 Å². The van der Waals surface area contributed by atoms with Crippen LogP contribution in [0, 0.1) is 6.92 Å². The predicted octanol–water partition coefficient (Wildman–Crippen LogP) is 0.844. The molecule has 4 rings (SSSR count). The lowest BCUT2D eigenvalue weighted by atomic mass is 10.2. The van der Waals surface area contributed by atoms with Gasteiger partial charge in [0.15, 0.2) is 0 Å². The van der Waals surface area contributed by atoms with E-state index in [9.17, 15) is 4.79 Å². The molecule has 0 spiro atoms. The fraction of sp³-hybridized carbons (Fsp3) is 0.444. The number of piperazine rings is 1. The molecule has 1 amide bonds. The number of hydrogen-bond donors (Lipinski definition) is 0. The first-order valence-corrected chi connectivity index (χ1v) is 8.65. The van der Waals surface area contributed by atoms with Crippen LogP contribution in [0.15, 0.2) is 30.7 Å². The highest BCUT2D eigenvalue weighted by molar-refractivity contribution is 5.79. The molecule has 0 aromatic carbocycles. The number of carbonyl (C=O) groups excluding carboxylic acids is 1. The number of hydrogen-bond acceptors (Lipinski definition) is 6. The van der Waals surface area contributed by atoms with Gasteiger partial charge >= 0.3 is 0 Å². The van der Waals surface area contributed by atoms with Gasteiger partial charge in [-0.25, -0.2) is 9.97 Å². The molecular formula is C18H22N6O. The van der Waals surface area contributed by atoms with Gasteiger partial charge in [0, 0.05) is 63.6 Å². The van der Waals surface area contributed by atoms with Crippen molar-refractivity contribution in [3.63, 3.8) is 0 Å². The molecule has 2 aliphatic heterocycles. The van der Waals surface area contributed by atoms with Gasteiger partial charge in [-0.15, -0.1) is 0 Å². The molecular weight excluding hydrogens is 316 g/mol. The van der Waals surface area contributed by atoms with Crippen LogP contribution in [0.3, 0.4) is 0 Å². The van der Waals surface area contributed by atoms with Crippen LogP contribution < -0.4 is 4.90 Å². The van der Waals surface area contributed by atoms with E-state index in [4.69, 9.17) is 0 Å². The lowest BCUT2D eigenvalue weighted by molar-refractivity contribution is -0.133. The van der Waals surface area contributed by atoms with E-state index in [2.05, 4.69) is 30.8 Å². The average Bonchev–Trinajstić information content (AvgIpc) is 3.06. The van der Waals surface area contributed by atoms with E-state index in [1.165, 1.54) is 11.1 Å². The fourth-order valence-corrected chi connectivity index (χ4v) is 3.43. The van der Waals surface area contributed by atoms with Gasteiger partial charge in [0.2, 0.25) is 11.9 Å². The van der Waals surface area contributed by atoms with Crippen molar-refractivity contribution in [1.82, 2.24) is 24.8 Å². The molecule has 2 aliphatic rings. The summed E-state index contributed by atoms with van der Waals surface area (Å²) in [5.41, 5.74) is 3.41. The molecule has 0 atom stereocenters. The predicted molar refractivity (Wildman–Crippen MR) is 93.9 cm³/mol. The Hall–Kier alpha value is -2.54. The summed E-state index contributed by atoms with van der Waals surface area (Å²) >= 11 is 0. The highest BCUT2D eigenvalue weighted by atomic mass is 16.2. The van der Waals surface area contributed by atoms with Crippen molar-refractivity contribution >= 4 is 11.9 Å². The van der Waals surface area contributed by atoms with E-state index in [1.807, 2.05) is 24.1 Å². The number of aryl methyl sites for hydroxylation is 1. The topological polar surface area (TPSA) is 65.5 Å². The van der Waals surface area contributed by atoms with E-state index < -0.39 is 0 Å². The van der Waals surface area contributed by atoms with Crippen LogP contribution in [0.25, 0.3) is 0 Å². The van der Waals surface area contributed by atoms with Crippen LogP contribution in [-0.4, -0.2) is 63.4 Å². The van der Waals surface area contributed by atoms with Gasteiger partial charge in [-0.3, -0.25) is 14.7 Å². The van der Waals surface area contributed by atoms with E-state index in [1.54, 1.807) is 12.4 Å². The molecule has 2 aromatic heterocycles. The van der Waals surface area contributed by atoms with Crippen LogP contribution in [0.4, 0.5) is 5.95 Å². The molecule has 7 heteroatoms. The minimum absolute atomic E-state index is 0.193. The van der Waals surface area contributed by atoms with Crippen LogP contribution in [0.5, 0.6) is 0 Å². The molecule has 130 valence electrons. The van der Waals surface area contributed by atoms with Crippen LogP contribution >= 0.6 is 0 Å². The molecule has 0 radical (unpaired) electrons. The monoisotopic (exact) mass is 338 g/mol. The van der Waals surface area contributed by atoms with Crippen LogP contribution in [0.1, 0.15) is 16.8 Å². The maximum Gasteiger partial charge on any atom is 0.237 e. The summed E-state index contributed by atoms with van der Waals surface area (Å²) in [6.07, 6.45) is 5.43. The number of rotatable bonds is 3. The molecule has 0 bridgehead atoms. The Balaban J connectivity index is 1.30. The van der Waals surface area contributed by atoms with Crippen molar-refractivity contribution in [2.45, 2.75) is 20.0 Å². The highest BCUT2D eigenvalue weighted by Gasteiger charge is 2.26. The van der Waals surface area contributed by atoms with E-state index in [0.29, 0.717) is 19.6 Å². The van der Waals surface area contributed by atoms with Crippen molar-refractivity contribution in [3.8, 4) is 0 Å². The fourth-order valence-electron chi connectivity index (χ4n) is 3.43. The number of anilines is 1. The summed E-state index contributed by atoms with van der Waals surface area (Å²) in [6, 6.07) is 3.91. The van der Waals surface area contributed by atoms with Gasteiger partial charge in [0.05, 0.1) is 6.54 Å². The van der Waals surface area contributed by atoms with Gasteiger partial charge in [0.25, 0.3) is 0 Å². The summed E-state index contributed by atoms with van der Waals surface area (Å²) in [5.74, 6) is 0.963. The molecule has 0 unspecified atom stereocenters. The Morgan fingerprint density at radius 1 is 1.04 bits per heavy atom. The Labute approximate surface area is 147 Å². The Kier molecular flexibility index (Phi) is 4.31. The number of pyridine rings is 1. The second kappa shape index (κ2) is 6.76. The van der Waals surface area contributed by atoms with E-state index >= 15 is 0 Å². The standard InChI is InChI=1S/C18H22N6O/c1-14-9-15-11-24(12-16(15)10-21-14)17(25)13-22-5-7-23(8-6-22)18-19-3-2-4-20-18/h2-4,9-10H,5-8,11-13H2,1H3. The Morgan fingerprint density at radius 2 is 1.76 bits per heavy atom. The summed E-state index contributed by atoms with van der Waals surface area (Å²) in [6.45, 7) is 7.25. The lowest BCUT2D eigenvalue weighted by Crippen LogP contribution is -2.50. The molecule has 25 heavy (non-hydrogen) atoms.